The molecule has 7 heteroatoms. The molecule has 126 valence electrons. The molecule has 4 rings (SSSR count). The molecule has 3 aromatic rings. The summed E-state index contributed by atoms with van der Waals surface area (Å²) in [5, 5.41) is 12.0. The summed E-state index contributed by atoms with van der Waals surface area (Å²) >= 11 is 1.28. The predicted octanol–water partition coefficient (Wildman–Crippen LogP) is 3.52. The van der Waals surface area contributed by atoms with Crippen molar-refractivity contribution in [1.29, 1.82) is 0 Å². The fourth-order valence-corrected chi connectivity index (χ4v) is 3.48. The van der Waals surface area contributed by atoms with E-state index in [9.17, 15) is 4.79 Å². The zero-order chi connectivity index (χ0) is 17.4. The fraction of sp³-hybridized carbons (Fsp3) is 0.222. The maximum atomic E-state index is 12.7. The summed E-state index contributed by atoms with van der Waals surface area (Å²) in [4.78, 5) is 16.9. The van der Waals surface area contributed by atoms with Crippen LogP contribution in [0.3, 0.4) is 0 Å². The molecule has 2 aromatic heterocycles. The lowest BCUT2D eigenvalue weighted by Crippen LogP contribution is -2.18. The van der Waals surface area contributed by atoms with Gasteiger partial charge in [0.25, 0.3) is 5.91 Å². The number of carbonyl (C=O) groups excluding carboxylic acids is 1. The molecule has 1 aliphatic rings. The van der Waals surface area contributed by atoms with Gasteiger partial charge in [-0.3, -0.25) is 15.1 Å². The van der Waals surface area contributed by atoms with Gasteiger partial charge in [-0.2, -0.15) is 0 Å². The van der Waals surface area contributed by atoms with E-state index >= 15 is 0 Å². The maximum absolute atomic E-state index is 12.7. The highest BCUT2D eigenvalue weighted by Crippen LogP contribution is 2.40. The van der Waals surface area contributed by atoms with Gasteiger partial charge in [0.05, 0.1) is 12.2 Å². The normalized spacial score (nSPS) is 14.6. The molecule has 1 N–H and O–H groups in total. The number of nitrogens with one attached hydrogen (secondary N) is 1. The lowest BCUT2D eigenvalue weighted by molar-refractivity contribution is 0.102. The summed E-state index contributed by atoms with van der Waals surface area (Å²) in [6.07, 6.45) is 1.70. The highest BCUT2D eigenvalue weighted by Gasteiger charge is 2.34. The fourth-order valence-electron chi connectivity index (χ4n) is 2.77. The Balaban J connectivity index is 1.58. The van der Waals surface area contributed by atoms with Crippen LogP contribution in [0.1, 0.15) is 29.8 Å². The van der Waals surface area contributed by atoms with Crippen LogP contribution in [-0.2, 0) is 5.41 Å². The summed E-state index contributed by atoms with van der Waals surface area (Å²) in [7, 11) is 0. The molecule has 0 saturated heterocycles. The van der Waals surface area contributed by atoms with Gasteiger partial charge in [0, 0.05) is 17.2 Å². The average Bonchev–Trinajstić information content (AvgIpc) is 3.20. The number of carbonyl (C=O) groups is 1. The van der Waals surface area contributed by atoms with Crippen molar-refractivity contribution >= 4 is 22.4 Å². The standard InChI is InChI=1S/C18H16N4O2S/c1-18(2)10-24-14-11(6-5-7-12(14)18)15(23)20-17-22-21-16(25-17)13-8-3-4-9-19-13/h3-9H,10H2,1-2H3,(H,20,22,23). The minimum atomic E-state index is -0.252. The van der Waals surface area contributed by atoms with Crippen molar-refractivity contribution in [3.63, 3.8) is 0 Å². The molecule has 0 bridgehead atoms. The Bertz CT molecular complexity index is 937. The molecule has 0 atom stereocenters. The SMILES string of the molecule is CC1(C)COc2c(C(=O)Nc3nnc(-c4ccccn4)s3)cccc21. The third kappa shape index (κ3) is 2.87. The first-order chi connectivity index (χ1) is 12.0. The number of hydrogen-bond donors (Lipinski definition) is 1. The van der Waals surface area contributed by atoms with Gasteiger partial charge in [0.15, 0.2) is 5.01 Å². The van der Waals surface area contributed by atoms with Crippen molar-refractivity contribution in [1.82, 2.24) is 15.2 Å². The van der Waals surface area contributed by atoms with E-state index in [0.29, 0.717) is 28.1 Å². The topological polar surface area (TPSA) is 77.0 Å². The molecule has 0 fully saturated rings. The smallest absolute Gasteiger partial charge is 0.261 e. The van der Waals surface area contributed by atoms with Crippen molar-refractivity contribution in [3.8, 4) is 16.5 Å². The summed E-state index contributed by atoms with van der Waals surface area (Å²) in [6, 6.07) is 11.2. The van der Waals surface area contributed by atoms with E-state index in [1.807, 2.05) is 30.3 Å². The van der Waals surface area contributed by atoms with Crippen molar-refractivity contribution in [3.05, 3.63) is 53.7 Å². The van der Waals surface area contributed by atoms with Crippen LogP contribution >= 0.6 is 11.3 Å². The van der Waals surface area contributed by atoms with Crippen LogP contribution in [0.5, 0.6) is 5.75 Å². The number of nitrogens with zero attached hydrogens (tertiary/aromatic N) is 3. The van der Waals surface area contributed by atoms with E-state index in [-0.39, 0.29) is 11.3 Å². The molecule has 6 nitrogen and oxygen atoms in total. The molecule has 25 heavy (non-hydrogen) atoms. The zero-order valence-electron chi connectivity index (χ0n) is 13.8. The van der Waals surface area contributed by atoms with Crippen molar-refractivity contribution in [2.75, 3.05) is 11.9 Å². The van der Waals surface area contributed by atoms with Crippen LogP contribution in [0, 0.1) is 0 Å². The summed E-state index contributed by atoms with van der Waals surface area (Å²) in [6.45, 7) is 4.77. The number of hydrogen-bond acceptors (Lipinski definition) is 6. The van der Waals surface area contributed by atoms with Crippen LogP contribution in [-0.4, -0.2) is 27.7 Å². The lowest BCUT2D eigenvalue weighted by atomic mass is 9.86. The number of anilines is 1. The van der Waals surface area contributed by atoms with Gasteiger partial charge >= 0.3 is 0 Å². The highest BCUT2D eigenvalue weighted by atomic mass is 32.1. The number of amides is 1. The predicted molar refractivity (Wildman–Crippen MR) is 96.1 cm³/mol. The molecular weight excluding hydrogens is 336 g/mol. The van der Waals surface area contributed by atoms with Crippen LogP contribution in [0.25, 0.3) is 10.7 Å². The molecule has 0 spiro atoms. The Morgan fingerprint density at radius 2 is 2.08 bits per heavy atom. The molecule has 0 unspecified atom stereocenters. The molecular formula is C18H16N4O2S. The minimum Gasteiger partial charge on any atom is -0.492 e. The first kappa shape index (κ1) is 15.7. The number of pyridine rings is 1. The second-order valence-electron chi connectivity index (χ2n) is 6.44. The van der Waals surface area contributed by atoms with E-state index in [2.05, 4.69) is 34.3 Å². The largest absolute Gasteiger partial charge is 0.492 e. The average molecular weight is 352 g/mol. The van der Waals surface area contributed by atoms with Crippen LogP contribution in [0.15, 0.2) is 42.6 Å². The van der Waals surface area contributed by atoms with E-state index in [0.717, 1.165) is 11.3 Å². The summed E-state index contributed by atoms with van der Waals surface area (Å²) in [5.74, 6) is 0.401. The molecule has 0 aliphatic carbocycles. The van der Waals surface area contributed by atoms with Crippen molar-refractivity contribution < 1.29 is 9.53 Å². The molecule has 0 saturated carbocycles. The van der Waals surface area contributed by atoms with Gasteiger partial charge in [0.1, 0.15) is 11.4 Å². The number of ether oxygens (including phenoxy) is 1. The van der Waals surface area contributed by atoms with E-state index in [1.54, 1.807) is 12.3 Å². The second-order valence-corrected chi connectivity index (χ2v) is 7.41. The number of para-hydroxylation sites is 1. The van der Waals surface area contributed by atoms with Gasteiger partial charge in [0.2, 0.25) is 5.13 Å². The molecule has 0 radical (unpaired) electrons. The first-order valence-corrected chi connectivity index (χ1v) is 8.69. The number of benzene rings is 1. The maximum Gasteiger partial charge on any atom is 0.261 e. The third-order valence-corrected chi connectivity index (χ3v) is 4.96. The van der Waals surface area contributed by atoms with Gasteiger partial charge in [-0.05, 0) is 18.2 Å². The Morgan fingerprint density at radius 3 is 2.88 bits per heavy atom. The summed E-state index contributed by atoms with van der Waals surface area (Å²) in [5.41, 5.74) is 2.19. The monoisotopic (exact) mass is 352 g/mol. The number of rotatable bonds is 3. The second kappa shape index (κ2) is 5.93. The van der Waals surface area contributed by atoms with E-state index < -0.39 is 0 Å². The molecule has 3 heterocycles. The van der Waals surface area contributed by atoms with Gasteiger partial charge < -0.3 is 4.74 Å². The van der Waals surface area contributed by atoms with Crippen molar-refractivity contribution in [2.24, 2.45) is 0 Å². The number of fused-ring (bicyclic) bond motifs is 1. The van der Waals surface area contributed by atoms with Gasteiger partial charge in [-0.1, -0.05) is 43.4 Å². The van der Waals surface area contributed by atoms with Crippen LogP contribution < -0.4 is 10.1 Å². The number of aromatic nitrogens is 3. The Kier molecular flexibility index (Phi) is 3.73. The van der Waals surface area contributed by atoms with Crippen molar-refractivity contribution in [2.45, 2.75) is 19.3 Å². The van der Waals surface area contributed by atoms with Crippen LogP contribution in [0.4, 0.5) is 5.13 Å². The van der Waals surface area contributed by atoms with Crippen LogP contribution in [0.2, 0.25) is 0 Å². The Hall–Kier alpha value is -2.80. The highest BCUT2D eigenvalue weighted by molar-refractivity contribution is 7.18. The lowest BCUT2D eigenvalue weighted by Gasteiger charge is -2.14. The Morgan fingerprint density at radius 1 is 1.20 bits per heavy atom. The van der Waals surface area contributed by atoms with Gasteiger partial charge in [-0.25, -0.2) is 0 Å². The quantitative estimate of drug-likeness (QED) is 0.780. The minimum absolute atomic E-state index is 0.0967. The summed E-state index contributed by atoms with van der Waals surface area (Å²) < 4.78 is 5.77. The van der Waals surface area contributed by atoms with E-state index in [1.165, 1.54) is 11.3 Å². The third-order valence-electron chi connectivity index (χ3n) is 4.10. The molecule has 1 amide bonds. The zero-order valence-corrected chi connectivity index (χ0v) is 14.6. The first-order valence-electron chi connectivity index (χ1n) is 7.87. The molecule has 1 aromatic carbocycles. The van der Waals surface area contributed by atoms with Gasteiger partial charge in [-0.15, -0.1) is 10.2 Å². The molecule has 1 aliphatic heterocycles. The van der Waals surface area contributed by atoms with E-state index in [4.69, 9.17) is 4.74 Å². The Labute approximate surface area is 148 Å².